The third-order valence-electron chi connectivity index (χ3n) is 7.95. The fourth-order valence-corrected chi connectivity index (χ4v) is 5.73. The molecule has 1 saturated heterocycles. The fourth-order valence-electron chi connectivity index (χ4n) is 5.73. The van der Waals surface area contributed by atoms with Gasteiger partial charge in [0.2, 0.25) is 0 Å². The molecule has 3 aromatic rings. The van der Waals surface area contributed by atoms with Gasteiger partial charge < -0.3 is 9.64 Å². The predicted octanol–water partition coefficient (Wildman–Crippen LogP) is 3.88. The molecule has 7 nitrogen and oxygen atoms in total. The van der Waals surface area contributed by atoms with E-state index in [1.807, 2.05) is 18.2 Å². The standard InChI is InChI=1S/C23H23N6O/c1-21(5-6-21)30-14-3-4-16-15(9-14)20(28-27-16)17-10-19(26-13-25-17)29-11-18-22(7-8-22)23(18,12-29)24-2/h2-4,9-10,13,18H,5-8,11-12H2,1H3,(H,27,28)/q+1/t18-,23+/m0/s1. The van der Waals surface area contributed by atoms with Crippen LogP contribution in [0.5, 0.6) is 5.75 Å². The molecular formula is C23H23N6O+. The molecule has 4 fully saturated rings. The highest BCUT2D eigenvalue weighted by Crippen LogP contribution is 2.81. The first kappa shape index (κ1) is 16.6. The summed E-state index contributed by atoms with van der Waals surface area (Å²) in [5, 5.41) is 8.67. The van der Waals surface area contributed by atoms with E-state index in [0.29, 0.717) is 11.3 Å². The molecule has 7 heteroatoms. The Hall–Kier alpha value is -3.14. The molecule has 150 valence electrons. The van der Waals surface area contributed by atoms with Crippen LogP contribution in [0.3, 0.4) is 0 Å². The molecule has 1 spiro atoms. The van der Waals surface area contributed by atoms with Crippen LogP contribution in [0.4, 0.5) is 5.82 Å². The minimum absolute atomic E-state index is 0.0147. The van der Waals surface area contributed by atoms with Crippen molar-refractivity contribution in [3.8, 4) is 23.7 Å². The molecule has 0 radical (unpaired) electrons. The van der Waals surface area contributed by atoms with E-state index in [2.05, 4.69) is 42.9 Å². The summed E-state index contributed by atoms with van der Waals surface area (Å²) in [5.74, 6) is 2.36. The summed E-state index contributed by atoms with van der Waals surface area (Å²) in [5.41, 5.74) is 2.93. The Morgan fingerprint density at radius 3 is 2.80 bits per heavy atom. The quantitative estimate of drug-likeness (QED) is 0.721. The van der Waals surface area contributed by atoms with Gasteiger partial charge in [-0.1, -0.05) is 4.85 Å². The molecule has 3 aliphatic carbocycles. The number of rotatable bonds is 4. The summed E-state index contributed by atoms with van der Waals surface area (Å²) in [6, 6.07) is 8.10. The van der Waals surface area contributed by atoms with E-state index >= 15 is 0 Å². The number of fused-ring (bicyclic) bond motifs is 4. The van der Waals surface area contributed by atoms with Crippen LogP contribution in [0.15, 0.2) is 30.6 Å². The van der Waals surface area contributed by atoms with Crippen molar-refractivity contribution in [2.24, 2.45) is 11.3 Å². The number of H-pyrrole nitrogens is 1. The van der Waals surface area contributed by atoms with Crippen molar-refractivity contribution in [1.29, 1.82) is 0 Å². The average Bonchev–Trinajstić information content (AvgIpc) is 3.70. The van der Waals surface area contributed by atoms with E-state index in [0.717, 1.165) is 59.8 Å². The summed E-state index contributed by atoms with van der Waals surface area (Å²) in [6.45, 7) is 9.80. The van der Waals surface area contributed by atoms with Gasteiger partial charge in [0.25, 0.3) is 6.57 Å². The van der Waals surface area contributed by atoms with Gasteiger partial charge in [0, 0.05) is 18.0 Å². The molecule has 3 heterocycles. The minimum Gasteiger partial charge on any atom is -0.488 e. The van der Waals surface area contributed by atoms with E-state index in [4.69, 9.17) is 11.3 Å². The maximum atomic E-state index is 6.15. The second-order valence-electron chi connectivity index (χ2n) is 9.74. The van der Waals surface area contributed by atoms with E-state index in [1.165, 1.54) is 12.8 Å². The van der Waals surface area contributed by atoms with Gasteiger partial charge in [-0.2, -0.15) is 5.10 Å². The Morgan fingerprint density at radius 1 is 1.20 bits per heavy atom. The monoisotopic (exact) mass is 399 g/mol. The van der Waals surface area contributed by atoms with E-state index in [1.54, 1.807) is 6.33 Å². The normalized spacial score (nSPS) is 28.9. The van der Waals surface area contributed by atoms with Crippen molar-refractivity contribution >= 4 is 16.7 Å². The molecule has 0 unspecified atom stereocenters. The number of aromatic nitrogens is 4. The van der Waals surface area contributed by atoms with Gasteiger partial charge >= 0.3 is 5.54 Å². The van der Waals surface area contributed by atoms with Crippen molar-refractivity contribution in [3.05, 3.63) is 35.4 Å². The smallest absolute Gasteiger partial charge is 0.309 e. The average molecular weight is 399 g/mol. The number of benzene rings is 1. The Morgan fingerprint density at radius 2 is 2.07 bits per heavy atom. The zero-order valence-corrected chi connectivity index (χ0v) is 16.9. The van der Waals surface area contributed by atoms with Gasteiger partial charge in [0.15, 0.2) is 0 Å². The highest BCUT2D eigenvalue weighted by atomic mass is 16.5. The second kappa shape index (κ2) is 5.12. The molecular weight excluding hydrogens is 376 g/mol. The number of piperidine rings is 1. The van der Waals surface area contributed by atoms with Crippen LogP contribution in [-0.2, 0) is 0 Å². The fraction of sp³-hybridized carbons (Fsp3) is 0.478. The van der Waals surface area contributed by atoms with Crippen molar-refractivity contribution in [1.82, 2.24) is 20.2 Å². The van der Waals surface area contributed by atoms with Crippen LogP contribution in [0.2, 0.25) is 0 Å². The number of nitrogens with one attached hydrogen (secondary N) is 1. The first-order valence-electron chi connectivity index (χ1n) is 10.7. The zero-order valence-electron chi connectivity index (χ0n) is 16.9. The Bertz CT molecular complexity index is 1250. The maximum absolute atomic E-state index is 6.15. The summed E-state index contributed by atoms with van der Waals surface area (Å²) >= 11 is 0. The lowest BCUT2D eigenvalue weighted by Crippen LogP contribution is -2.29. The first-order chi connectivity index (χ1) is 14.6. The highest BCUT2D eigenvalue weighted by molar-refractivity contribution is 5.93. The second-order valence-corrected chi connectivity index (χ2v) is 9.74. The minimum atomic E-state index is -0.0533. The molecule has 1 aromatic carbocycles. The molecule has 1 N–H and O–H groups in total. The van der Waals surface area contributed by atoms with Gasteiger partial charge in [0.05, 0.1) is 22.5 Å². The van der Waals surface area contributed by atoms with Crippen LogP contribution in [0, 0.1) is 17.9 Å². The predicted molar refractivity (Wildman–Crippen MR) is 114 cm³/mol. The largest absolute Gasteiger partial charge is 0.488 e. The van der Waals surface area contributed by atoms with Gasteiger partial charge in [-0.3, -0.25) is 5.10 Å². The van der Waals surface area contributed by atoms with Crippen LogP contribution in [-0.4, -0.2) is 44.4 Å². The number of hydrogen-bond donors (Lipinski definition) is 1. The van der Waals surface area contributed by atoms with Crippen molar-refractivity contribution in [2.45, 2.75) is 43.7 Å². The van der Waals surface area contributed by atoms with Crippen molar-refractivity contribution < 1.29 is 4.74 Å². The summed E-state index contributed by atoms with van der Waals surface area (Å²) in [7, 11) is 0. The number of hydrogen-bond acceptors (Lipinski definition) is 5. The topological polar surface area (TPSA) is 71.3 Å². The molecule has 3 saturated carbocycles. The summed E-state index contributed by atoms with van der Waals surface area (Å²) in [4.78, 5) is 15.7. The lowest BCUT2D eigenvalue weighted by atomic mass is 10.1. The lowest BCUT2D eigenvalue weighted by Gasteiger charge is -2.19. The van der Waals surface area contributed by atoms with Gasteiger partial charge in [0.1, 0.15) is 35.7 Å². The summed E-state index contributed by atoms with van der Waals surface area (Å²) < 4.78 is 6.15. The third-order valence-corrected chi connectivity index (χ3v) is 7.95. The SMILES string of the molecule is C#[N+][C@]12CN(c3cc(-c4n[nH]c5ccc(OC6(C)CC6)cc45)ncn3)C[C@H]1C21CC1. The maximum Gasteiger partial charge on any atom is 0.309 e. The Balaban J connectivity index is 1.22. The van der Waals surface area contributed by atoms with Gasteiger partial charge in [-0.05, 0) is 50.8 Å². The van der Waals surface area contributed by atoms with E-state index in [9.17, 15) is 0 Å². The number of ether oxygens (including phenoxy) is 1. The molecule has 7 rings (SSSR count). The third kappa shape index (κ3) is 2.06. The lowest BCUT2D eigenvalue weighted by molar-refractivity contribution is 0.200. The van der Waals surface area contributed by atoms with Crippen LogP contribution >= 0.6 is 0 Å². The molecule has 2 atom stereocenters. The molecule has 2 aromatic heterocycles. The Labute approximate surface area is 174 Å². The molecule has 1 aliphatic heterocycles. The van der Waals surface area contributed by atoms with E-state index < -0.39 is 0 Å². The molecule has 4 aliphatic rings. The number of aromatic amines is 1. The molecule has 0 amide bonds. The Kier molecular flexibility index (Phi) is 2.84. The van der Waals surface area contributed by atoms with Crippen molar-refractivity contribution in [3.63, 3.8) is 0 Å². The first-order valence-corrected chi connectivity index (χ1v) is 10.7. The molecule has 0 bridgehead atoms. The van der Waals surface area contributed by atoms with Crippen molar-refractivity contribution in [2.75, 3.05) is 18.0 Å². The number of anilines is 1. The highest BCUT2D eigenvalue weighted by Gasteiger charge is 2.94. The molecule has 30 heavy (non-hydrogen) atoms. The summed E-state index contributed by atoms with van der Waals surface area (Å²) in [6.07, 6.45) is 6.37. The van der Waals surface area contributed by atoms with E-state index in [-0.39, 0.29) is 11.1 Å². The van der Waals surface area contributed by atoms with Crippen LogP contribution in [0.1, 0.15) is 32.6 Å². The van der Waals surface area contributed by atoms with Crippen LogP contribution < -0.4 is 9.64 Å². The zero-order chi connectivity index (χ0) is 20.1. The van der Waals surface area contributed by atoms with Crippen LogP contribution in [0.25, 0.3) is 27.1 Å². The van der Waals surface area contributed by atoms with Gasteiger partial charge in [-0.25, -0.2) is 9.97 Å². The number of nitrogens with zero attached hydrogens (tertiary/aromatic N) is 5. The van der Waals surface area contributed by atoms with Gasteiger partial charge in [-0.15, -0.1) is 0 Å².